The third-order valence-electron chi connectivity index (χ3n) is 4.65. The number of hydrogen-bond donors (Lipinski definition) is 1. The van der Waals surface area contributed by atoms with E-state index in [9.17, 15) is 4.79 Å². The van der Waals surface area contributed by atoms with Crippen molar-refractivity contribution < 1.29 is 4.79 Å². The molecule has 0 radical (unpaired) electrons. The number of hydrogen-bond acceptors (Lipinski definition) is 3. The molecule has 0 atom stereocenters. The Morgan fingerprint density at radius 3 is 2.80 bits per heavy atom. The normalized spacial score (nSPS) is 13.6. The van der Waals surface area contributed by atoms with Gasteiger partial charge in [-0.25, -0.2) is 0 Å². The van der Waals surface area contributed by atoms with Crippen molar-refractivity contribution in [3.8, 4) is 0 Å². The van der Waals surface area contributed by atoms with Crippen molar-refractivity contribution >= 4 is 39.1 Å². The molecular weight excluding hydrogens is 346 g/mol. The lowest BCUT2D eigenvalue weighted by molar-refractivity contribution is -0.119. The van der Waals surface area contributed by atoms with Crippen molar-refractivity contribution in [2.45, 2.75) is 37.6 Å². The summed E-state index contributed by atoms with van der Waals surface area (Å²) in [4.78, 5) is 14.3. The number of carbonyl (C=O) groups excluding carboxylic acids is 1. The van der Waals surface area contributed by atoms with Crippen LogP contribution in [0.2, 0.25) is 0 Å². The number of nitrogens with one attached hydrogen (secondary N) is 1. The van der Waals surface area contributed by atoms with Crippen molar-refractivity contribution in [2.75, 3.05) is 5.75 Å². The van der Waals surface area contributed by atoms with E-state index in [0.717, 1.165) is 12.8 Å². The van der Waals surface area contributed by atoms with Gasteiger partial charge < -0.3 is 5.32 Å². The molecule has 3 aromatic rings. The third kappa shape index (κ3) is 3.46. The zero-order chi connectivity index (χ0) is 17.2. The van der Waals surface area contributed by atoms with Gasteiger partial charge >= 0.3 is 0 Å². The van der Waals surface area contributed by atoms with Crippen LogP contribution >= 0.6 is 23.1 Å². The number of carbonyl (C=O) groups is 1. The maximum Gasteiger partial charge on any atom is 0.217 e. The van der Waals surface area contributed by atoms with E-state index in [1.54, 1.807) is 6.92 Å². The van der Waals surface area contributed by atoms with Crippen molar-refractivity contribution in [1.29, 1.82) is 0 Å². The van der Waals surface area contributed by atoms with Gasteiger partial charge in [-0.3, -0.25) is 4.79 Å². The monoisotopic (exact) mass is 367 g/mol. The van der Waals surface area contributed by atoms with E-state index in [4.69, 9.17) is 0 Å². The van der Waals surface area contributed by atoms with Crippen LogP contribution in [0, 0.1) is 0 Å². The molecule has 0 aliphatic carbocycles. The second-order valence-corrected chi connectivity index (χ2v) is 8.72. The quantitative estimate of drug-likeness (QED) is 0.689. The molecule has 0 saturated carbocycles. The van der Waals surface area contributed by atoms with Crippen molar-refractivity contribution in [3.63, 3.8) is 0 Å². The van der Waals surface area contributed by atoms with Crippen LogP contribution in [0.25, 0.3) is 10.1 Å². The summed E-state index contributed by atoms with van der Waals surface area (Å²) >= 11 is 3.85. The molecule has 1 aromatic heterocycles. The summed E-state index contributed by atoms with van der Waals surface area (Å²) in [5, 5.41) is 4.43. The molecule has 0 fully saturated rings. The van der Waals surface area contributed by atoms with Crippen LogP contribution in [0.1, 0.15) is 34.9 Å². The number of aryl methyl sites for hydroxylation is 1. The highest BCUT2D eigenvalue weighted by molar-refractivity contribution is 7.99. The minimum absolute atomic E-state index is 0.0317. The Kier molecular flexibility index (Phi) is 4.82. The lowest BCUT2D eigenvalue weighted by atomic mass is 9.99. The van der Waals surface area contributed by atoms with Gasteiger partial charge in [0, 0.05) is 39.7 Å². The Morgan fingerprint density at radius 1 is 1.16 bits per heavy atom. The van der Waals surface area contributed by atoms with E-state index in [1.807, 2.05) is 23.1 Å². The Labute approximate surface area is 156 Å². The molecule has 2 nitrogen and oxygen atoms in total. The topological polar surface area (TPSA) is 29.1 Å². The maximum absolute atomic E-state index is 11.5. The second-order valence-electron chi connectivity index (χ2n) is 6.44. The largest absolute Gasteiger partial charge is 0.352 e. The smallest absolute Gasteiger partial charge is 0.217 e. The fraction of sp³-hybridized carbons (Fsp3) is 0.286. The molecule has 1 aliphatic rings. The van der Waals surface area contributed by atoms with Gasteiger partial charge in [0.2, 0.25) is 5.91 Å². The number of rotatable bonds is 4. The molecular formula is C21H21NOS2. The van der Waals surface area contributed by atoms with Gasteiger partial charge in [-0.2, -0.15) is 0 Å². The fourth-order valence-corrected chi connectivity index (χ4v) is 5.83. The van der Waals surface area contributed by atoms with Crippen LogP contribution in [0.15, 0.2) is 47.4 Å². The Hall–Kier alpha value is -1.78. The second kappa shape index (κ2) is 7.22. The van der Waals surface area contributed by atoms with Gasteiger partial charge in [-0.05, 0) is 47.4 Å². The van der Waals surface area contributed by atoms with Crippen LogP contribution in [0.4, 0.5) is 0 Å². The van der Waals surface area contributed by atoms with Gasteiger partial charge in [0.05, 0.1) is 0 Å². The van der Waals surface area contributed by atoms with Crippen molar-refractivity contribution in [3.05, 3.63) is 64.0 Å². The van der Waals surface area contributed by atoms with Crippen molar-refractivity contribution in [1.82, 2.24) is 5.32 Å². The minimum Gasteiger partial charge on any atom is -0.352 e. The summed E-state index contributed by atoms with van der Waals surface area (Å²) in [5.41, 5.74) is 4.13. The number of amides is 1. The highest BCUT2D eigenvalue weighted by Crippen LogP contribution is 2.41. The highest BCUT2D eigenvalue weighted by atomic mass is 32.2. The van der Waals surface area contributed by atoms with Crippen LogP contribution in [-0.4, -0.2) is 11.7 Å². The molecule has 1 amide bonds. The minimum atomic E-state index is 0.0317. The predicted octanol–water partition coefficient (Wildman–Crippen LogP) is 5.17. The molecule has 25 heavy (non-hydrogen) atoms. The summed E-state index contributed by atoms with van der Waals surface area (Å²) < 4.78 is 1.35. The SMILES string of the molecule is CC(=O)NCc1c(Cc2ccccc2)sc2ccc3c(c12)CCCS3. The average Bonchev–Trinajstić information content (AvgIpc) is 2.98. The molecule has 1 aliphatic heterocycles. The van der Waals surface area contributed by atoms with E-state index in [1.165, 1.54) is 48.7 Å². The summed E-state index contributed by atoms with van der Waals surface area (Å²) in [6, 6.07) is 15.1. The lowest BCUT2D eigenvalue weighted by Gasteiger charge is -2.17. The molecule has 128 valence electrons. The maximum atomic E-state index is 11.5. The molecule has 0 saturated heterocycles. The van der Waals surface area contributed by atoms with Crippen LogP contribution in [-0.2, 0) is 24.2 Å². The van der Waals surface area contributed by atoms with E-state index in [2.05, 4.69) is 47.8 Å². The van der Waals surface area contributed by atoms with E-state index in [0.29, 0.717) is 6.54 Å². The predicted molar refractivity (Wildman–Crippen MR) is 108 cm³/mol. The van der Waals surface area contributed by atoms with E-state index >= 15 is 0 Å². The van der Waals surface area contributed by atoms with Gasteiger partial charge in [0.1, 0.15) is 0 Å². The summed E-state index contributed by atoms with van der Waals surface area (Å²) in [7, 11) is 0. The van der Waals surface area contributed by atoms with Gasteiger partial charge in [-0.1, -0.05) is 30.3 Å². The lowest BCUT2D eigenvalue weighted by Crippen LogP contribution is -2.19. The highest BCUT2D eigenvalue weighted by Gasteiger charge is 2.20. The first-order chi connectivity index (χ1) is 12.2. The fourth-order valence-electron chi connectivity index (χ4n) is 3.50. The van der Waals surface area contributed by atoms with Crippen LogP contribution < -0.4 is 5.32 Å². The number of thiophene rings is 1. The molecule has 1 N–H and O–H groups in total. The van der Waals surface area contributed by atoms with E-state index < -0.39 is 0 Å². The van der Waals surface area contributed by atoms with E-state index in [-0.39, 0.29) is 5.91 Å². The first-order valence-electron chi connectivity index (χ1n) is 8.69. The number of fused-ring (bicyclic) bond motifs is 3. The molecule has 4 heteroatoms. The molecule has 2 aromatic carbocycles. The number of thioether (sulfide) groups is 1. The Bertz CT molecular complexity index is 915. The van der Waals surface area contributed by atoms with Crippen LogP contribution in [0.5, 0.6) is 0 Å². The van der Waals surface area contributed by atoms with Gasteiger partial charge in [-0.15, -0.1) is 23.1 Å². The zero-order valence-corrected chi connectivity index (χ0v) is 15.9. The van der Waals surface area contributed by atoms with Gasteiger partial charge in [0.15, 0.2) is 0 Å². The van der Waals surface area contributed by atoms with Crippen LogP contribution in [0.3, 0.4) is 0 Å². The summed E-state index contributed by atoms with van der Waals surface area (Å²) in [5.74, 6) is 1.24. The Balaban J connectivity index is 1.83. The zero-order valence-electron chi connectivity index (χ0n) is 14.3. The van der Waals surface area contributed by atoms with Gasteiger partial charge in [0.25, 0.3) is 0 Å². The first kappa shape index (κ1) is 16.7. The third-order valence-corrected chi connectivity index (χ3v) is 7.04. The molecule has 0 bridgehead atoms. The summed E-state index contributed by atoms with van der Waals surface area (Å²) in [6.45, 7) is 2.22. The standard InChI is InChI=1S/C21H21NOS2/c1-14(23)22-13-17-20(12-15-6-3-2-4-7-15)25-19-10-9-18-16(21(17)19)8-5-11-24-18/h2-4,6-7,9-10H,5,8,11-13H2,1H3,(H,22,23). The Morgan fingerprint density at radius 2 is 2.00 bits per heavy atom. The first-order valence-corrected chi connectivity index (χ1v) is 10.5. The number of benzene rings is 2. The molecule has 2 heterocycles. The van der Waals surface area contributed by atoms with Crippen molar-refractivity contribution in [2.24, 2.45) is 0 Å². The molecule has 4 rings (SSSR count). The summed E-state index contributed by atoms with van der Waals surface area (Å²) in [6.07, 6.45) is 3.31. The molecule has 0 spiro atoms. The average molecular weight is 368 g/mol. The molecule has 0 unspecified atom stereocenters.